The predicted octanol–water partition coefficient (Wildman–Crippen LogP) is 1.21. The Labute approximate surface area is 139 Å². The number of hydrogen-bond donors (Lipinski definition) is 2. The van der Waals surface area contributed by atoms with Crippen molar-refractivity contribution >= 4 is 15.9 Å². The average molecular weight is 348 g/mol. The number of benzene rings is 2. The fourth-order valence-corrected chi connectivity index (χ4v) is 3.10. The highest BCUT2D eigenvalue weighted by Gasteiger charge is 2.27. The van der Waals surface area contributed by atoms with Crippen LogP contribution in [-0.4, -0.2) is 28.0 Å². The maximum Gasteiger partial charge on any atom is 0.255 e. The largest absolute Gasteiger partial charge is 0.496 e. The lowest BCUT2D eigenvalue weighted by Crippen LogP contribution is -2.30. The molecule has 0 bridgehead atoms. The first-order valence-electron chi connectivity index (χ1n) is 7.13. The molecule has 1 amide bonds. The second-order valence-corrected chi connectivity index (χ2v) is 6.84. The molecular formula is C16H16N2O5S. The minimum absolute atomic E-state index is 0.0911. The molecule has 1 aliphatic heterocycles. The molecule has 1 heterocycles. The zero-order valence-corrected chi connectivity index (χ0v) is 13.7. The molecule has 126 valence electrons. The first kappa shape index (κ1) is 16.3. The van der Waals surface area contributed by atoms with E-state index in [-0.39, 0.29) is 22.3 Å². The van der Waals surface area contributed by atoms with Gasteiger partial charge in [-0.05, 0) is 24.3 Å². The van der Waals surface area contributed by atoms with E-state index < -0.39 is 15.9 Å². The number of primary sulfonamides is 1. The van der Waals surface area contributed by atoms with E-state index in [0.29, 0.717) is 12.4 Å². The number of nitrogens with one attached hydrogen (secondary N) is 1. The van der Waals surface area contributed by atoms with E-state index in [0.717, 1.165) is 5.56 Å². The number of carbonyl (C=O) groups excluding carboxylic acids is 1. The minimum atomic E-state index is -3.92. The van der Waals surface area contributed by atoms with Gasteiger partial charge in [0.05, 0.1) is 23.6 Å². The van der Waals surface area contributed by atoms with Gasteiger partial charge in [0.15, 0.2) is 0 Å². The fraction of sp³-hybridized carbons (Fsp3) is 0.188. The number of para-hydroxylation sites is 1. The van der Waals surface area contributed by atoms with Crippen LogP contribution in [-0.2, 0) is 10.0 Å². The first-order chi connectivity index (χ1) is 11.4. The van der Waals surface area contributed by atoms with Crippen molar-refractivity contribution in [3.8, 4) is 11.5 Å². The molecule has 3 rings (SSSR count). The summed E-state index contributed by atoms with van der Waals surface area (Å²) in [5, 5.41) is 7.95. The molecule has 2 aromatic rings. The highest BCUT2D eigenvalue weighted by Crippen LogP contribution is 2.32. The number of methoxy groups -OCH3 is 1. The molecule has 0 saturated carbocycles. The predicted molar refractivity (Wildman–Crippen MR) is 86.5 cm³/mol. The lowest BCUT2D eigenvalue weighted by atomic mass is 10.1. The van der Waals surface area contributed by atoms with Crippen molar-refractivity contribution in [2.24, 2.45) is 5.14 Å². The van der Waals surface area contributed by atoms with Crippen LogP contribution in [0.5, 0.6) is 11.5 Å². The average Bonchev–Trinajstić information content (AvgIpc) is 2.96. The van der Waals surface area contributed by atoms with Gasteiger partial charge in [-0.2, -0.15) is 0 Å². The van der Waals surface area contributed by atoms with E-state index >= 15 is 0 Å². The molecule has 8 heteroatoms. The number of ether oxygens (including phenoxy) is 2. The van der Waals surface area contributed by atoms with Crippen LogP contribution in [0.3, 0.4) is 0 Å². The number of amides is 1. The van der Waals surface area contributed by atoms with E-state index in [1.165, 1.54) is 25.3 Å². The van der Waals surface area contributed by atoms with Crippen molar-refractivity contribution in [1.82, 2.24) is 5.32 Å². The number of carbonyl (C=O) groups is 1. The summed E-state index contributed by atoms with van der Waals surface area (Å²) in [6, 6.07) is 11.0. The number of nitrogens with two attached hydrogens (primary N) is 1. The Morgan fingerprint density at radius 1 is 1.29 bits per heavy atom. The van der Waals surface area contributed by atoms with Crippen molar-refractivity contribution < 1.29 is 22.7 Å². The molecule has 0 saturated heterocycles. The van der Waals surface area contributed by atoms with Crippen LogP contribution < -0.4 is 19.9 Å². The lowest BCUT2D eigenvalue weighted by Gasteiger charge is -2.14. The van der Waals surface area contributed by atoms with Crippen LogP contribution in [0.4, 0.5) is 0 Å². The van der Waals surface area contributed by atoms with Crippen LogP contribution in [0.2, 0.25) is 0 Å². The first-order valence-corrected chi connectivity index (χ1v) is 8.68. The van der Waals surface area contributed by atoms with Crippen molar-refractivity contribution in [2.45, 2.75) is 10.9 Å². The molecule has 0 radical (unpaired) electrons. The normalized spacial score (nSPS) is 16.2. The molecule has 3 N–H and O–H groups in total. The van der Waals surface area contributed by atoms with Gasteiger partial charge >= 0.3 is 0 Å². The molecule has 0 spiro atoms. The molecule has 24 heavy (non-hydrogen) atoms. The van der Waals surface area contributed by atoms with Crippen molar-refractivity contribution in [3.63, 3.8) is 0 Å². The maximum absolute atomic E-state index is 12.6. The van der Waals surface area contributed by atoms with Crippen LogP contribution in [0.15, 0.2) is 47.4 Å². The number of hydrogen-bond acceptors (Lipinski definition) is 5. The third-order valence-corrected chi connectivity index (χ3v) is 4.66. The van der Waals surface area contributed by atoms with Crippen LogP contribution in [0.25, 0.3) is 0 Å². The molecule has 0 aromatic heterocycles. The van der Waals surface area contributed by atoms with Gasteiger partial charge in [0.1, 0.15) is 18.1 Å². The Kier molecular flexibility index (Phi) is 4.16. The van der Waals surface area contributed by atoms with Gasteiger partial charge in [0.2, 0.25) is 10.0 Å². The second kappa shape index (κ2) is 6.14. The summed E-state index contributed by atoms with van der Waals surface area (Å²) in [6.45, 7) is 0.308. The smallest absolute Gasteiger partial charge is 0.255 e. The quantitative estimate of drug-likeness (QED) is 0.863. The Morgan fingerprint density at radius 3 is 2.75 bits per heavy atom. The number of sulfonamides is 1. The summed E-state index contributed by atoms with van der Waals surface area (Å²) in [4.78, 5) is 12.4. The molecule has 1 aliphatic rings. The topological polar surface area (TPSA) is 108 Å². The summed E-state index contributed by atoms with van der Waals surface area (Å²) in [6.07, 6.45) is 0. The molecule has 0 aliphatic carbocycles. The third-order valence-electron chi connectivity index (χ3n) is 3.75. The zero-order valence-electron chi connectivity index (χ0n) is 12.9. The number of fused-ring (bicyclic) bond motifs is 1. The monoisotopic (exact) mass is 348 g/mol. The third kappa shape index (κ3) is 3.06. The van der Waals surface area contributed by atoms with Gasteiger partial charge in [-0.3, -0.25) is 4.79 Å². The highest BCUT2D eigenvalue weighted by atomic mass is 32.2. The van der Waals surface area contributed by atoms with Crippen LogP contribution in [0, 0.1) is 0 Å². The lowest BCUT2D eigenvalue weighted by molar-refractivity contribution is 0.0927. The molecule has 1 atom stereocenters. The Bertz CT molecular complexity index is 895. The summed E-state index contributed by atoms with van der Waals surface area (Å²) in [5.41, 5.74) is 0.959. The summed E-state index contributed by atoms with van der Waals surface area (Å²) in [5.74, 6) is 0.503. The SMILES string of the molecule is COc1ccc(S(N)(=O)=O)cc1C(=O)N[C@H]1COc2ccccc21. The molecule has 0 unspecified atom stereocenters. The van der Waals surface area contributed by atoms with E-state index in [4.69, 9.17) is 14.6 Å². The standard InChI is InChI=1S/C16H16N2O5S/c1-22-14-7-6-10(24(17,20)21)8-12(14)16(19)18-13-9-23-15-5-3-2-4-11(13)15/h2-8,13H,9H2,1H3,(H,18,19)(H2,17,20,21)/t13-/m0/s1. The van der Waals surface area contributed by atoms with Crippen molar-refractivity contribution in [1.29, 1.82) is 0 Å². The fourth-order valence-electron chi connectivity index (χ4n) is 2.56. The van der Waals surface area contributed by atoms with Gasteiger partial charge in [-0.15, -0.1) is 0 Å². The highest BCUT2D eigenvalue weighted by molar-refractivity contribution is 7.89. The van der Waals surface area contributed by atoms with Crippen LogP contribution >= 0.6 is 0 Å². The maximum atomic E-state index is 12.6. The van der Waals surface area contributed by atoms with Gasteiger partial charge in [0.25, 0.3) is 5.91 Å². The summed E-state index contributed by atoms with van der Waals surface area (Å²) < 4.78 is 33.7. The molecule has 0 fully saturated rings. The van der Waals surface area contributed by atoms with Gasteiger partial charge in [-0.1, -0.05) is 18.2 Å². The van der Waals surface area contributed by atoms with E-state index in [2.05, 4.69) is 5.32 Å². The zero-order chi connectivity index (χ0) is 17.3. The Balaban J connectivity index is 1.90. The van der Waals surface area contributed by atoms with E-state index in [1.807, 2.05) is 24.3 Å². The molecule has 2 aromatic carbocycles. The van der Waals surface area contributed by atoms with E-state index in [9.17, 15) is 13.2 Å². The summed E-state index contributed by atoms with van der Waals surface area (Å²) in [7, 11) is -2.52. The Hall–Kier alpha value is -2.58. The minimum Gasteiger partial charge on any atom is -0.496 e. The second-order valence-electron chi connectivity index (χ2n) is 5.28. The van der Waals surface area contributed by atoms with Gasteiger partial charge < -0.3 is 14.8 Å². The van der Waals surface area contributed by atoms with E-state index in [1.54, 1.807) is 0 Å². The van der Waals surface area contributed by atoms with Crippen LogP contribution in [0.1, 0.15) is 22.0 Å². The molecular weight excluding hydrogens is 332 g/mol. The molecule has 7 nitrogen and oxygen atoms in total. The number of rotatable bonds is 4. The summed E-state index contributed by atoms with van der Waals surface area (Å²) >= 11 is 0. The Morgan fingerprint density at radius 2 is 2.04 bits per heavy atom. The van der Waals surface area contributed by atoms with Gasteiger partial charge in [0, 0.05) is 5.56 Å². The van der Waals surface area contributed by atoms with Crippen molar-refractivity contribution in [2.75, 3.05) is 13.7 Å². The van der Waals surface area contributed by atoms with Crippen molar-refractivity contribution in [3.05, 3.63) is 53.6 Å². The van der Waals surface area contributed by atoms with Gasteiger partial charge in [-0.25, -0.2) is 13.6 Å².